The van der Waals surface area contributed by atoms with E-state index in [4.69, 9.17) is 5.26 Å². The molecule has 0 fully saturated rings. The van der Waals surface area contributed by atoms with Gasteiger partial charge in [-0.3, -0.25) is 4.40 Å². The first kappa shape index (κ1) is 12.4. The van der Waals surface area contributed by atoms with Crippen LogP contribution in [-0.2, 0) is 0 Å². The van der Waals surface area contributed by atoms with Crippen LogP contribution >= 0.6 is 0 Å². The molecule has 0 N–H and O–H groups in total. The zero-order valence-electron chi connectivity index (χ0n) is 11.2. The van der Waals surface area contributed by atoms with Gasteiger partial charge in [0.1, 0.15) is 5.82 Å². The molecule has 3 aromatic rings. The van der Waals surface area contributed by atoms with Crippen LogP contribution in [0.15, 0.2) is 48.7 Å². The Bertz CT molecular complexity index is 768. The first-order chi connectivity index (χ1) is 9.83. The second-order valence-corrected chi connectivity index (χ2v) is 4.69. The molecule has 2 aromatic heterocycles. The van der Waals surface area contributed by atoms with E-state index in [1.54, 1.807) is 12.1 Å². The molecule has 1 unspecified atom stereocenters. The van der Waals surface area contributed by atoms with Gasteiger partial charge in [0, 0.05) is 18.2 Å². The summed E-state index contributed by atoms with van der Waals surface area (Å²) in [6, 6.07) is 16.0. The average molecular weight is 262 g/mol. The molecular weight excluding hydrogens is 248 g/mol. The molecule has 0 bridgehead atoms. The van der Waals surface area contributed by atoms with Gasteiger partial charge in [-0.25, -0.2) is 0 Å². The third-order valence-electron chi connectivity index (χ3n) is 3.49. The van der Waals surface area contributed by atoms with E-state index in [0.29, 0.717) is 11.2 Å². The molecule has 20 heavy (non-hydrogen) atoms. The number of aromatic nitrogens is 3. The maximum absolute atomic E-state index is 8.93. The lowest BCUT2D eigenvalue weighted by molar-refractivity contribution is 0.706. The van der Waals surface area contributed by atoms with E-state index in [9.17, 15) is 0 Å². The van der Waals surface area contributed by atoms with Crippen molar-refractivity contribution in [3.63, 3.8) is 0 Å². The van der Waals surface area contributed by atoms with Gasteiger partial charge in [-0.1, -0.05) is 37.3 Å². The summed E-state index contributed by atoms with van der Waals surface area (Å²) >= 11 is 0. The number of hydrogen-bond donors (Lipinski definition) is 0. The van der Waals surface area contributed by atoms with Gasteiger partial charge in [0.15, 0.2) is 5.65 Å². The van der Waals surface area contributed by atoms with E-state index in [-0.39, 0.29) is 5.92 Å². The smallest absolute Gasteiger partial charge is 0.162 e. The summed E-state index contributed by atoms with van der Waals surface area (Å²) in [5.41, 5.74) is 2.55. The van der Waals surface area contributed by atoms with Gasteiger partial charge >= 0.3 is 0 Å². The maximum atomic E-state index is 8.93. The molecule has 2 heterocycles. The Morgan fingerprint density at radius 1 is 1.20 bits per heavy atom. The number of fused-ring (bicyclic) bond motifs is 1. The Hall–Kier alpha value is -2.67. The van der Waals surface area contributed by atoms with E-state index >= 15 is 0 Å². The van der Waals surface area contributed by atoms with Crippen molar-refractivity contribution in [2.45, 2.75) is 19.3 Å². The molecule has 0 saturated carbocycles. The highest BCUT2D eigenvalue weighted by Gasteiger charge is 2.18. The Morgan fingerprint density at radius 2 is 2.00 bits per heavy atom. The Kier molecular flexibility index (Phi) is 3.18. The second kappa shape index (κ2) is 5.14. The predicted octanol–water partition coefficient (Wildman–Crippen LogP) is 3.14. The lowest BCUT2D eigenvalue weighted by Crippen LogP contribution is -2.05. The summed E-state index contributed by atoms with van der Waals surface area (Å²) in [7, 11) is 0. The normalized spacial score (nSPS) is 12.2. The van der Waals surface area contributed by atoms with Crippen molar-refractivity contribution in [2.75, 3.05) is 0 Å². The van der Waals surface area contributed by atoms with E-state index < -0.39 is 0 Å². The molecule has 0 amide bonds. The van der Waals surface area contributed by atoms with Crippen molar-refractivity contribution in [1.82, 2.24) is 14.6 Å². The van der Waals surface area contributed by atoms with Crippen LogP contribution < -0.4 is 0 Å². The van der Waals surface area contributed by atoms with Gasteiger partial charge < -0.3 is 0 Å². The van der Waals surface area contributed by atoms with Crippen molar-refractivity contribution in [2.24, 2.45) is 0 Å². The molecule has 1 aromatic carbocycles. The van der Waals surface area contributed by atoms with Crippen LogP contribution in [0.25, 0.3) is 5.65 Å². The minimum Gasteiger partial charge on any atom is -0.286 e. The zero-order valence-corrected chi connectivity index (χ0v) is 11.2. The number of pyridine rings is 1. The van der Waals surface area contributed by atoms with Gasteiger partial charge in [-0.2, -0.15) is 5.26 Å². The summed E-state index contributed by atoms with van der Waals surface area (Å²) in [6.07, 6.45) is 2.82. The monoisotopic (exact) mass is 262 g/mol. The van der Waals surface area contributed by atoms with E-state index in [1.165, 1.54) is 5.56 Å². The Labute approximate surface area is 117 Å². The molecule has 0 aliphatic rings. The van der Waals surface area contributed by atoms with Crippen LogP contribution in [0.3, 0.4) is 0 Å². The van der Waals surface area contributed by atoms with Gasteiger partial charge in [-0.15, -0.1) is 10.2 Å². The minimum absolute atomic E-state index is 0.208. The first-order valence-corrected chi connectivity index (χ1v) is 6.63. The van der Waals surface area contributed by atoms with E-state index in [2.05, 4.69) is 35.3 Å². The molecule has 0 saturated heterocycles. The summed E-state index contributed by atoms with van der Waals surface area (Å²) in [5.74, 6) is 1.12. The quantitative estimate of drug-likeness (QED) is 0.728. The van der Waals surface area contributed by atoms with E-state index in [1.807, 2.05) is 28.8 Å². The average Bonchev–Trinajstić information content (AvgIpc) is 2.92. The first-order valence-electron chi connectivity index (χ1n) is 6.63. The molecule has 0 spiro atoms. The highest BCUT2D eigenvalue weighted by Crippen LogP contribution is 2.26. The molecule has 0 aliphatic carbocycles. The van der Waals surface area contributed by atoms with Crippen LogP contribution in [0.1, 0.15) is 36.2 Å². The highest BCUT2D eigenvalue weighted by atomic mass is 15.2. The molecule has 98 valence electrons. The van der Waals surface area contributed by atoms with Crippen LogP contribution in [0.2, 0.25) is 0 Å². The Balaban J connectivity index is 2.11. The fraction of sp³-hybridized carbons (Fsp3) is 0.188. The van der Waals surface area contributed by atoms with Gasteiger partial charge in [0.25, 0.3) is 0 Å². The highest BCUT2D eigenvalue weighted by molar-refractivity contribution is 5.46. The van der Waals surface area contributed by atoms with E-state index in [0.717, 1.165) is 12.2 Å². The third-order valence-corrected chi connectivity index (χ3v) is 3.49. The third kappa shape index (κ3) is 2.04. The SMILES string of the molecule is CCC(c1ccccc1)c1nnc2cc(C#N)ccn12. The maximum Gasteiger partial charge on any atom is 0.162 e. The second-order valence-electron chi connectivity index (χ2n) is 4.69. The van der Waals surface area contributed by atoms with Crippen molar-refractivity contribution in [1.29, 1.82) is 5.26 Å². The van der Waals surface area contributed by atoms with Crippen LogP contribution in [-0.4, -0.2) is 14.6 Å². The number of rotatable bonds is 3. The molecule has 4 nitrogen and oxygen atoms in total. The summed E-state index contributed by atoms with van der Waals surface area (Å²) in [4.78, 5) is 0. The van der Waals surface area contributed by atoms with Gasteiger partial charge in [0.2, 0.25) is 0 Å². The molecule has 0 radical (unpaired) electrons. The largest absolute Gasteiger partial charge is 0.286 e. The molecule has 3 rings (SSSR count). The van der Waals surface area contributed by atoms with Gasteiger partial charge in [0.05, 0.1) is 11.6 Å². The van der Waals surface area contributed by atoms with Crippen LogP contribution in [0.5, 0.6) is 0 Å². The summed E-state index contributed by atoms with van der Waals surface area (Å²) < 4.78 is 1.96. The van der Waals surface area contributed by atoms with Crippen molar-refractivity contribution >= 4 is 5.65 Å². The fourth-order valence-corrected chi connectivity index (χ4v) is 2.47. The lowest BCUT2D eigenvalue weighted by atomic mass is 9.96. The molecule has 4 heteroatoms. The number of hydrogen-bond acceptors (Lipinski definition) is 3. The number of nitriles is 1. The standard InChI is InChI=1S/C16H14N4/c1-2-14(13-6-4-3-5-7-13)16-19-18-15-10-12(11-17)8-9-20(15)16/h3-10,14H,2H2,1H3. The molecule has 0 aliphatic heterocycles. The van der Waals surface area contributed by atoms with Crippen molar-refractivity contribution in [3.8, 4) is 6.07 Å². The van der Waals surface area contributed by atoms with Crippen LogP contribution in [0.4, 0.5) is 0 Å². The molecule has 1 atom stereocenters. The van der Waals surface area contributed by atoms with Crippen LogP contribution in [0, 0.1) is 11.3 Å². The Morgan fingerprint density at radius 3 is 2.70 bits per heavy atom. The number of nitrogens with zero attached hydrogens (tertiary/aromatic N) is 4. The number of benzene rings is 1. The topological polar surface area (TPSA) is 54.0 Å². The summed E-state index contributed by atoms with van der Waals surface area (Å²) in [6.45, 7) is 2.14. The van der Waals surface area contributed by atoms with Crippen molar-refractivity contribution in [3.05, 3.63) is 65.6 Å². The molecular formula is C16H14N4. The van der Waals surface area contributed by atoms with Gasteiger partial charge in [-0.05, 0) is 18.1 Å². The predicted molar refractivity (Wildman–Crippen MR) is 76.3 cm³/mol. The lowest BCUT2D eigenvalue weighted by Gasteiger charge is -2.13. The van der Waals surface area contributed by atoms with Crippen molar-refractivity contribution < 1.29 is 0 Å². The zero-order chi connectivity index (χ0) is 13.9. The summed E-state index contributed by atoms with van der Waals surface area (Å²) in [5, 5.41) is 17.4. The minimum atomic E-state index is 0.208. The fourth-order valence-electron chi connectivity index (χ4n) is 2.47.